The van der Waals surface area contributed by atoms with Crippen LogP contribution < -0.4 is 10.5 Å². The highest BCUT2D eigenvalue weighted by molar-refractivity contribution is 7.46. The Morgan fingerprint density at radius 3 is 2.79 bits per heavy atom. The van der Waals surface area contributed by atoms with Crippen molar-refractivity contribution < 1.29 is 32.5 Å². The molecule has 1 aliphatic heterocycles. The van der Waals surface area contributed by atoms with Gasteiger partial charge in [0.05, 0.1) is 11.4 Å². The molecule has 4 rings (SSSR count). The lowest BCUT2D eigenvalue weighted by molar-refractivity contribution is 0.110. The van der Waals surface area contributed by atoms with Gasteiger partial charge in [-0.1, -0.05) is 35.5 Å². The van der Waals surface area contributed by atoms with Crippen molar-refractivity contribution >= 4 is 13.4 Å². The number of phosphoric acid groups is 1. The second-order valence-corrected chi connectivity index (χ2v) is 8.62. The molecular weight excluding hydrogens is 466 g/mol. The molecule has 178 valence electrons. The third-order valence-electron chi connectivity index (χ3n) is 4.92. The fourth-order valence-electron chi connectivity index (χ4n) is 3.24. The van der Waals surface area contributed by atoms with Gasteiger partial charge in [-0.3, -0.25) is 4.52 Å². The molecule has 2 aromatic heterocycles. The van der Waals surface area contributed by atoms with Crippen LogP contribution in [-0.4, -0.2) is 37.7 Å². The van der Waals surface area contributed by atoms with E-state index in [0.29, 0.717) is 40.6 Å². The van der Waals surface area contributed by atoms with Crippen LogP contribution in [0.15, 0.2) is 71.4 Å². The van der Waals surface area contributed by atoms with E-state index in [-0.39, 0.29) is 12.4 Å². The molecule has 0 saturated heterocycles. The predicted octanol–water partition coefficient (Wildman–Crippen LogP) is 2.94. The van der Waals surface area contributed by atoms with Crippen molar-refractivity contribution in [2.24, 2.45) is 5.73 Å². The van der Waals surface area contributed by atoms with E-state index >= 15 is 0 Å². The number of hydrogen-bond acceptors (Lipinski definition) is 8. The molecule has 1 aromatic carbocycles. The van der Waals surface area contributed by atoms with Gasteiger partial charge in [-0.15, -0.1) is 0 Å². The molecule has 0 bridgehead atoms. The Kier molecular flexibility index (Phi) is 7.20. The monoisotopic (exact) mass is 488 g/mol. The second kappa shape index (κ2) is 10.3. The molecule has 3 aromatic rings. The van der Waals surface area contributed by atoms with Gasteiger partial charge in [0.1, 0.15) is 25.3 Å². The minimum atomic E-state index is -4.64. The van der Waals surface area contributed by atoms with Crippen molar-refractivity contribution in [2.45, 2.75) is 19.2 Å². The summed E-state index contributed by atoms with van der Waals surface area (Å²) in [5.74, 6) is 0.415. The first-order chi connectivity index (χ1) is 16.3. The number of allylic oxidation sites excluding steroid dienone is 2. The fourth-order valence-corrected chi connectivity index (χ4v) is 3.52. The Labute approximate surface area is 194 Å². The van der Waals surface area contributed by atoms with Crippen LogP contribution in [0.5, 0.6) is 5.88 Å². The van der Waals surface area contributed by atoms with Crippen molar-refractivity contribution in [2.75, 3.05) is 6.73 Å². The van der Waals surface area contributed by atoms with Crippen LogP contribution in [-0.2, 0) is 22.1 Å². The Morgan fingerprint density at radius 2 is 2.00 bits per heavy atom. The minimum absolute atomic E-state index is 0.0546. The van der Waals surface area contributed by atoms with Gasteiger partial charge in [-0.05, 0) is 18.2 Å². The number of rotatable bonds is 9. The molecule has 0 spiro atoms. The number of pyridine rings is 1. The number of aromatic nitrogens is 2. The number of nitrogens with zero attached hydrogens (tertiary/aromatic N) is 3. The molecule has 1 aliphatic rings. The molecule has 0 radical (unpaired) electrons. The molecule has 10 nitrogen and oxygen atoms in total. The molecule has 1 unspecified atom stereocenters. The first-order valence-corrected chi connectivity index (χ1v) is 11.7. The van der Waals surface area contributed by atoms with E-state index in [4.69, 9.17) is 24.8 Å². The summed E-state index contributed by atoms with van der Waals surface area (Å²) in [7, 11) is -4.64. The highest BCUT2D eigenvalue weighted by Gasteiger charge is 2.25. The van der Waals surface area contributed by atoms with Crippen molar-refractivity contribution in [3.05, 3.63) is 95.4 Å². The number of nitrogens with two attached hydrogens (primary N) is 1. The maximum Gasteiger partial charge on any atom is 0.471 e. The number of halogens is 1. The van der Waals surface area contributed by atoms with E-state index in [9.17, 15) is 8.96 Å². The van der Waals surface area contributed by atoms with Crippen molar-refractivity contribution in [3.63, 3.8) is 0 Å². The summed E-state index contributed by atoms with van der Waals surface area (Å²) in [6, 6.07) is 13.4. The van der Waals surface area contributed by atoms with E-state index < -0.39 is 20.7 Å². The maximum atomic E-state index is 13.8. The standard InChI is InChI=1S/C22H22FN4O6P/c23-19-8-2-1-5-15(19)13-31-21-9-3-6-16(25-21)11-17-12-20(33-26-17)18-7-4-10-27(22(18)24)14-32-34(28,29)30/h1-10,12,22H,11,13-14,24H2,(H2,28,29,30). The lowest BCUT2D eigenvalue weighted by atomic mass is 10.1. The number of phosphoric ester groups is 1. The molecular formula is C22H22FN4O6P. The highest BCUT2D eigenvalue weighted by atomic mass is 31.2. The van der Waals surface area contributed by atoms with Crippen LogP contribution >= 0.6 is 7.82 Å². The van der Waals surface area contributed by atoms with Crippen LogP contribution in [0.25, 0.3) is 5.57 Å². The Hall–Kier alpha value is -3.34. The summed E-state index contributed by atoms with van der Waals surface area (Å²) >= 11 is 0. The molecule has 12 heteroatoms. The smallest absolute Gasteiger partial charge is 0.471 e. The van der Waals surface area contributed by atoms with E-state index in [1.54, 1.807) is 60.8 Å². The summed E-state index contributed by atoms with van der Waals surface area (Å²) in [4.78, 5) is 23.7. The molecule has 1 atom stereocenters. The van der Waals surface area contributed by atoms with Gasteiger partial charge in [0.25, 0.3) is 0 Å². The van der Waals surface area contributed by atoms with Gasteiger partial charge in [-0.25, -0.2) is 13.9 Å². The van der Waals surface area contributed by atoms with Crippen LogP contribution in [0.3, 0.4) is 0 Å². The molecule has 0 fully saturated rings. The van der Waals surface area contributed by atoms with Crippen LogP contribution in [0.2, 0.25) is 0 Å². The van der Waals surface area contributed by atoms with Gasteiger partial charge in [0, 0.05) is 35.9 Å². The van der Waals surface area contributed by atoms with Gasteiger partial charge < -0.3 is 29.7 Å². The average molecular weight is 488 g/mol. The number of ether oxygens (including phenoxy) is 1. The molecule has 0 aliphatic carbocycles. The third kappa shape index (κ3) is 6.16. The molecule has 34 heavy (non-hydrogen) atoms. The van der Waals surface area contributed by atoms with E-state index in [0.717, 1.165) is 0 Å². The third-order valence-corrected chi connectivity index (χ3v) is 5.38. The largest absolute Gasteiger partial charge is 0.473 e. The van der Waals surface area contributed by atoms with Gasteiger partial charge in [0.2, 0.25) is 5.88 Å². The molecule has 0 saturated carbocycles. The molecule has 0 amide bonds. The summed E-state index contributed by atoms with van der Waals surface area (Å²) < 4.78 is 40.3. The zero-order chi connectivity index (χ0) is 24.1. The van der Waals surface area contributed by atoms with Crippen molar-refractivity contribution in [1.29, 1.82) is 0 Å². The summed E-state index contributed by atoms with van der Waals surface area (Å²) in [5, 5.41) is 4.07. The zero-order valence-corrected chi connectivity index (χ0v) is 18.7. The van der Waals surface area contributed by atoms with Crippen LogP contribution in [0.4, 0.5) is 4.39 Å². The molecule has 3 heterocycles. The van der Waals surface area contributed by atoms with E-state index in [1.807, 2.05) is 0 Å². The maximum absolute atomic E-state index is 13.8. The average Bonchev–Trinajstić information content (AvgIpc) is 3.25. The van der Waals surface area contributed by atoms with Crippen molar-refractivity contribution in [1.82, 2.24) is 15.0 Å². The quantitative estimate of drug-likeness (QED) is 0.385. The predicted molar refractivity (Wildman–Crippen MR) is 119 cm³/mol. The van der Waals surface area contributed by atoms with Gasteiger partial charge in [-0.2, -0.15) is 0 Å². The Bertz CT molecular complexity index is 1260. The fraction of sp³-hybridized carbons (Fsp3) is 0.182. The lowest BCUT2D eigenvalue weighted by Crippen LogP contribution is -2.41. The van der Waals surface area contributed by atoms with Gasteiger partial charge >= 0.3 is 7.82 Å². The van der Waals surface area contributed by atoms with E-state index in [1.165, 1.54) is 11.0 Å². The number of benzene rings is 1. The summed E-state index contributed by atoms with van der Waals surface area (Å²) in [5.41, 5.74) is 8.44. The van der Waals surface area contributed by atoms with Crippen molar-refractivity contribution in [3.8, 4) is 5.88 Å². The second-order valence-electron chi connectivity index (χ2n) is 7.38. The first-order valence-electron chi connectivity index (χ1n) is 10.2. The Balaban J connectivity index is 1.40. The topological polar surface area (TPSA) is 144 Å². The first kappa shape index (κ1) is 23.8. The molecule has 4 N–H and O–H groups in total. The van der Waals surface area contributed by atoms with Crippen LogP contribution in [0, 0.1) is 5.82 Å². The normalized spacial score (nSPS) is 15.9. The van der Waals surface area contributed by atoms with Gasteiger partial charge in [0.15, 0.2) is 5.76 Å². The lowest BCUT2D eigenvalue weighted by Gasteiger charge is -2.30. The minimum Gasteiger partial charge on any atom is -0.473 e. The van der Waals surface area contributed by atoms with Crippen LogP contribution in [0.1, 0.15) is 22.7 Å². The highest BCUT2D eigenvalue weighted by Crippen LogP contribution is 2.36. The summed E-state index contributed by atoms with van der Waals surface area (Å²) in [6.45, 7) is -0.344. The summed E-state index contributed by atoms with van der Waals surface area (Å²) in [6.07, 6.45) is 4.52. The Morgan fingerprint density at radius 1 is 1.18 bits per heavy atom. The number of hydrogen-bond donors (Lipinski definition) is 3. The SMILES string of the molecule is NC1C(c2cc(Cc3cccc(OCc4ccccc4F)n3)no2)=CC=CN1COP(=O)(O)O. The van der Waals surface area contributed by atoms with E-state index in [2.05, 4.69) is 14.7 Å². The zero-order valence-electron chi connectivity index (χ0n) is 17.8.